The van der Waals surface area contributed by atoms with Crippen molar-refractivity contribution in [2.75, 3.05) is 6.61 Å². The first-order valence-corrected chi connectivity index (χ1v) is 10.3. The van der Waals surface area contributed by atoms with E-state index in [1.807, 2.05) is 42.5 Å². The number of fused-ring (bicyclic) bond motifs is 1. The van der Waals surface area contributed by atoms with Crippen molar-refractivity contribution >= 4 is 16.6 Å². The molecular formula is C26H32O2. The van der Waals surface area contributed by atoms with Crippen molar-refractivity contribution in [1.82, 2.24) is 0 Å². The molecule has 3 aromatic carbocycles. The zero-order valence-electron chi connectivity index (χ0n) is 17.4. The normalized spacial score (nSPS) is 11.5. The Balaban J connectivity index is 0.000000878. The molecule has 0 radical (unpaired) electrons. The second-order valence-corrected chi connectivity index (χ2v) is 7.14. The van der Waals surface area contributed by atoms with E-state index in [-0.39, 0.29) is 18.3 Å². The second kappa shape index (κ2) is 12.1. The second-order valence-electron chi connectivity index (χ2n) is 7.14. The van der Waals surface area contributed by atoms with Crippen LogP contribution in [-0.2, 0) is 22.6 Å². The number of ether oxygens (including phenoxy) is 1. The van der Waals surface area contributed by atoms with E-state index in [1.54, 1.807) is 0 Å². The maximum Gasteiger partial charge on any atom is 0.161 e. The summed E-state index contributed by atoms with van der Waals surface area (Å²) in [5, 5.41) is 2.46. The molecule has 0 saturated heterocycles. The fraction of sp³-hybridized carbons (Fsp3) is 0.346. The van der Waals surface area contributed by atoms with E-state index in [2.05, 4.69) is 51.1 Å². The molecule has 0 N–H and O–H groups in total. The largest absolute Gasteiger partial charge is 0.369 e. The van der Waals surface area contributed by atoms with Crippen molar-refractivity contribution in [3.8, 4) is 0 Å². The number of hydrogen-bond donors (Lipinski definition) is 0. The van der Waals surface area contributed by atoms with Gasteiger partial charge in [-0.05, 0) is 34.7 Å². The highest BCUT2D eigenvalue weighted by atomic mass is 16.5. The highest BCUT2D eigenvalue weighted by Crippen LogP contribution is 2.20. The third kappa shape index (κ3) is 6.94. The molecule has 148 valence electrons. The summed E-state index contributed by atoms with van der Waals surface area (Å²) in [6.45, 7) is 6.99. The molecule has 2 nitrogen and oxygen atoms in total. The van der Waals surface area contributed by atoms with Crippen LogP contribution >= 0.6 is 0 Å². The van der Waals surface area contributed by atoms with Gasteiger partial charge in [0.25, 0.3) is 0 Å². The summed E-state index contributed by atoms with van der Waals surface area (Å²) < 4.78 is 5.62. The lowest BCUT2D eigenvalue weighted by Crippen LogP contribution is -2.21. The Kier molecular flexibility index (Phi) is 9.44. The van der Waals surface area contributed by atoms with Gasteiger partial charge in [-0.15, -0.1) is 0 Å². The van der Waals surface area contributed by atoms with E-state index in [1.165, 1.54) is 22.8 Å². The first kappa shape index (κ1) is 21.8. The van der Waals surface area contributed by atoms with E-state index < -0.39 is 0 Å². The highest BCUT2D eigenvalue weighted by molar-refractivity contribution is 5.84. The number of Topliss-reactive ketones (excluding diaryl/α,β-unsaturated/α-hetero) is 1. The summed E-state index contributed by atoms with van der Waals surface area (Å²) in [6.07, 6.45) is 2.86. The molecule has 28 heavy (non-hydrogen) atoms. The third-order valence-corrected chi connectivity index (χ3v) is 4.60. The summed E-state index contributed by atoms with van der Waals surface area (Å²) in [7, 11) is 0. The molecular weight excluding hydrogens is 344 g/mol. The van der Waals surface area contributed by atoms with Gasteiger partial charge < -0.3 is 4.74 Å². The van der Waals surface area contributed by atoms with E-state index >= 15 is 0 Å². The predicted molar refractivity (Wildman–Crippen MR) is 119 cm³/mol. The van der Waals surface area contributed by atoms with E-state index in [9.17, 15) is 4.79 Å². The fourth-order valence-corrected chi connectivity index (χ4v) is 3.10. The van der Waals surface area contributed by atoms with Crippen LogP contribution in [0.4, 0.5) is 0 Å². The molecule has 0 aliphatic rings. The Morgan fingerprint density at radius 1 is 0.821 bits per heavy atom. The van der Waals surface area contributed by atoms with Gasteiger partial charge in [0.1, 0.15) is 6.61 Å². The van der Waals surface area contributed by atoms with Crippen LogP contribution in [0, 0.1) is 5.92 Å². The Morgan fingerprint density at radius 3 is 2.14 bits per heavy atom. The standard InChI is InChI=1S/C23H24O2.C3H8/c1-2-20(23(24)17-25-16-18-8-4-3-5-9-18)14-19-12-13-21-10-6-7-11-22(21)15-19;1-3-2/h3-13,15,20H,2,14,16-17H2,1H3;3H2,1-2H3. The smallest absolute Gasteiger partial charge is 0.161 e. The average molecular weight is 377 g/mol. The first-order chi connectivity index (χ1) is 13.7. The van der Waals surface area contributed by atoms with Gasteiger partial charge in [0.15, 0.2) is 5.78 Å². The minimum Gasteiger partial charge on any atom is -0.369 e. The molecule has 0 saturated carbocycles. The molecule has 3 aromatic rings. The molecule has 0 aliphatic heterocycles. The van der Waals surface area contributed by atoms with Crippen LogP contribution in [0.3, 0.4) is 0 Å². The van der Waals surface area contributed by atoms with Gasteiger partial charge in [0.05, 0.1) is 6.61 Å². The number of benzene rings is 3. The van der Waals surface area contributed by atoms with Gasteiger partial charge in [-0.3, -0.25) is 4.79 Å². The van der Waals surface area contributed by atoms with Crippen molar-refractivity contribution in [3.05, 3.63) is 83.9 Å². The molecule has 0 amide bonds. The summed E-state index contributed by atoms with van der Waals surface area (Å²) in [4.78, 5) is 12.5. The molecule has 3 rings (SSSR count). The maximum absolute atomic E-state index is 12.5. The molecule has 0 fully saturated rings. The van der Waals surface area contributed by atoms with Gasteiger partial charge in [-0.25, -0.2) is 0 Å². The summed E-state index contributed by atoms with van der Waals surface area (Å²) >= 11 is 0. The molecule has 1 atom stereocenters. The molecule has 0 aliphatic carbocycles. The monoisotopic (exact) mass is 376 g/mol. The van der Waals surface area contributed by atoms with Crippen LogP contribution in [0.5, 0.6) is 0 Å². The van der Waals surface area contributed by atoms with E-state index in [4.69, 9.17) is 4.74 Å². The van der Waals surface area contributed by atoms with Crippen molar-refractivity contribution in [3.63, 3.8) is 0 Å². The van der Waals surface area contributed by atoms with Crippen LogP contribution in [-0.4, -0.2) is 12.4 Å². The number of carbonyl (C=O) groups is 1. The maximum atomic E-state index is 12.5. The number of hydrogen-bond acceptors (Lipinski definition) is 2. The van der Waals surface area contributed by atoms with Crippen molar-refractivity contribution in [2.45, 2.75) is 46.6 Å². The van der Waals surface area contributed by atoms with Gasteiger partial charge in [-0.2, -0.15) is 0 Å². The molecule has 0 bridgehead atoms. The van der Waals surface area contributed by atoms with E-state index in [0.717, 1.165) is 18.4 Å². The van der Waals surface area contributed by atoms with Crippen LogP contribution in [0.25, 0.3) is 10.8 Å². The lowest BCUT2D eigenvalue weighted by atomic mass is 9.92. The van der Waals surface area contributed by atoms with Crippen molar-refractivity contribution < 1.29 is 9.53 Å². The van der Waals surface area contributed by atoms with Crippen molar-refractivity contribution in [1.29, 1.82) is 0 Å². The number of rotatable bonds is 8. The van der Waals surface area contributed by atoms with Gasteiger partial charge in [0, 0.05) is 5.92 Å². The topological polar surface area (TPSA) is 26.3 Å². The Bertz CT molecular complexity index is 839. The zero-order valence-corrected chi connectivity index (χ0v) is 17.4. The minimum absolute atomic E-state index is 0.0111. The van der Waals surface area contributed by atoms with Gasteiger partial charge in [0.2, 0.25) is 0 Å². The zero-order chi connectivity index (χ0) is 20.2. The van der Waals surface area contributed by atoms with Gasteiger partial charge >= 0.3 is 0 Å². The summed E-state index contributed by atoms with van der Waals surface area (Å²) in [5.74, 6) is 0.198. The molecule has 0 aromatic heterocycles. The number of carbonyl (C=O) groups excluding carboxylic acids is 1. The Labute approximate surface area is 169 Å². The summed E-state index contributed by atoms with van der Waals surface area (Å²) in [5.41, 5.74) is 2.31. The molecule has 0 spiro atoms. The highest BCUT2D eigenvalue weighted by Gasteiger charge is 2.17. The Morgan fingerprint density at radius 2 is 1.46 bits per heavy atom. The van der Waals surface area contributed by atoms with Crippen LogP contribution in [0.1, 0.15) is 44.7 Å². The molecule has 1 unspecified atom stereocenters. The van der Waals surface area contributed by atoms with Crippen LogP contribution < -0.4 is 0 Å². The van der Waals surface area contributed by atoms with Crippen molar-refractivity contribution in [2.24, 2.45) is 5.92 Å². The minimum atomic E-state index is 0.0111. The quantitative estimate of drug-likeness (QED) is 0.442. The lowest BCUT2D eigenvalue weighted by molar-refractivity contribution is -0.128. The Hall–Kier alpha value is -2.45. The molecule has 2 heteroatoms. The first-order valence-electron chi connectivity index (χ1n) is 10.3. The van der Waals surface area contributed by atoms with Crippen LogP contribution in [0.2, 0.25) is 0 Å². The lowest BCUT2D eigenvalue weighted by Gasteiger charge is -2.14. The SMILES string of the molecule is CCC.CCC(Cc1ccc2ccccc2c1)C(=O)COCc1ccccc1. The van der Waals surface area contributed by atoms with Gasteiger partial charge in [-0.1, -0.05) is 100.0 Å². The average Bonchev–Trinajstić information content (AvgIpc) is 2.73. The summed E-state index contributed by atoms with van der Waals surface area (Å²) in [6, 6.07) is 24.7. The van der Waals surface area contributed by atoms with E-state index in [0.29, 0.717) is 6.61 Å². The predicted octanol–water partition coefficient (Wildman–Crippen LogP) is 6.61. The fourth-order valence-electron chi connectivity index (χ4n) is 3.10. The third-order valence-electron chi connectivity index (χ3n) is 4.60. The molecule has 0 heterocycles. The number of ketones is 1. The van der Waals surface area contributed by atoms with Crippen LogP contribution in [0.15, 0.2) is 72.8 Å².